The van der Waals surface area contributed by atoms with Crippen LogP contribution in [0.3, 0.4) is 0 Å². The number of likely N-dealkylation sites (N-methyl/N-ethyl adjacent to an activating group) is 2. The van der Waals surface area contributed by atoms with Crippen LogP contribution >= 0.6 is 0 Å². The van der Waals surface area contributed by atoms with E-state index >= 15 is 0 Å². The van der Waals surface area contributed by atoms with E-state index in [9.17, 15) is 9.59 Å². The van der Waals surface area contributed by atoms with Crippen LogP contribution in [0.15, 0.2) is 30.3 Å². The molecule has 3 amide bonds. The quantitative estimate of drug-likeness (QED) is 0.708. The number of carbonyl (C=O) groups is 2. The number of carbonyl (C=O) groups excluding carboxylic acids is 2. The third-order valence-corrected chi connectivity index (χ3v) is 4.56. The SMILES string of the molecule is CNCCN(C)C(=O)C1(NC(=O)NCc2ccccc2)CCCC1. The number of amides is 3. The van der Waals surface area contributed by atoms with Gasteiger partial charge in [-0.1, -0.05) is 43.2 Å². The van der Waals surface area contributed by atoms with E-state index in [0.717, 1.165) is 24.9 Å². The van der Waals surface area contributed by atoms with Gasteiger partial charge in [-0.15, -0.1) is 0 Å². The molecule has 1 aliphatic rings. The van der Waals surface area contributed by atoms with Crippen molar-refractivity contribution in [3.05, 3.63) is 35.9 Å². The Labute approximate surface area is 144 Å². The predicted molar refractivity (Wildman–Crippen MR) is 94.6 cm³/mol. The minimum atomic E-state index is -0.761. The van der Waals surface area contributed by atoms with Crippen LogP contribution in [0.2, 0.25) is 0 Å². The molecule has 6 heteroatoms. The first-order chi connectivity index (χ1) is 11.6. The highest BCUT2D eigenvalue weighted by Gasteiger charge is 2.43. The molecule has 3 N–H and O–H groups in total. The molecule has 24 heavy (non-hydrogen) atoms. The minimum Gasteiger partial charge on any atom is -0.342 e. The molecule has 2 rings (SSSR count). The summed E-state index contributed by atoms with van der Waals surface area (Å²) in [7, 11) is 3.65. The summed E-state index contributed by atoms with van der Waals surface area (Å²) in [5.74, 6) is 0.00473. The highest BCUT2D eigenvalue weighted by molar-refractivity contribution is 5.91. The molecule has 1 aromatic carbocycles. The molecule has 0 heterocycles. The fraction of sp³-hybridized carbons (Fsp3) is 0.556. The molecule has 1 aliphatic carbocycles. The Morgan fingerprint density at radius 1 is 1.17 bits per heavy atom. The average molecular weight is 332 g/mol. The van der Waals surface area contributed by atoms with Gasteiger partial charge >= 0.3 is 6.03 Å². The fourth-order valence-corrected chi connectivity index (χ4v) is 3.16. The van der Waals surface area contributed by atoms with Crippen molar-refractivity contribution in [1.82, 2.24) is 20.9 Å². The molecular formula is C18H28N4O2. The molecule has 0 bridgehead atoms. The van der Waals surface area contributed by atoms with Crippen LogP contribution < -0.4 is 16.0 Å². The molecule has 0 spiro atoms. The molecule has 0 radical (unpaired) electrons. The van der Waals surface area contributed by atoms with Gasteiger partial charge in [0.25, 0.3) is 0 Å². The first-order valence-electron chi connectivity index (χ1n) is 8.57. The van der Waals surface area contributed by atoms with Gasteiger partial charge in [-0.2, -0.15) is 0 Å². The molecule has 0 aromatic heterocycles. The van der Waals surface area contributed by atoms with Crippen molar-refractivity contribution in [3.63, 3.8) is 0 Å². The largest absolute Gasteiger partial charge is 0.342 e. The van der Waals surface area contributed by atoms with Crippen LogP contribution in [0.1, 0.15) is 31.2 Å². The van der Waals surface area contributed by atoms with Gasteiger partial charge in [0.2, 0.25) is 5.91 Å². The van der Waals surface area contributed by atoms with Crippen LogP contribution in [-0.2, 0) is 11.3 Å². The second kappa shape index (κ2) is 8.68. The van der Waals surface area contributed by atoms with Gasteiger partial charge in [0.15, 0.2) is 0 Å². The van der Waals surface area contributed by atoms with Gasteiger partial charge in [0.05, 0.1) is 0 Å². The van der Waals surface area contributed by atoms with Crippen molar-refractivity contribution in [3.8, 4) is 0 Å². The number of nitrogens with one attached hydrogen (secondary N) is 3. The Balaban J connectivity index is 1.94. The van der Waals surface area contributed by atoms with Crippen LogP contribution in [0.5, 0.6) is 0 Å². The minimum absolute atomic E-state index is 0.00473. The highest BCUT2D eigenvalue weighted by atomic mass is 16.2. The number of hydrogen-bond donors (Lipinski definition) is 3. The average Bonchev–Trinajstić information content (AvgIpc) is 3.07. The van der Waals surface area contributed by atoms with E-state index in [-0.39, 0.29) is 11.9 Å². The van der Waals surface area contributed by atoms with E-state index in [1.54, 1.807) is 11.9 Å². The van der Waals surface area contributed by atoms with Gasteiger partial charge in [-0.25, -0.2) is 4.79 Å². The Morgan fingerprint density at radius 3 is 2.46 bits per heavy atom. The van der Waals surface area contributed by atoms with Gasteiger partial charge < -0.3 is 20.9 Å². The Morgan fingerprint density at radius 2 is 1.83 bits per heavy atom. The smallest absolute Gasteiger partial charge is 0.315 e. The predicted octanol–water partition coefficient (Wildman–Crippen LogP) is 1.48. The van der Waals surface area contributed by atoms with Crippen molar-refractivity contribution in [2.75, 3.05) is 27.2 Å². The van der Waals surface area contributed by atoms with Crippen molar-refractivity contribution >= 4 is 11.9 Å². The van der Waals surface area contributed by atoms with Crippen LogP contribution in [0, 0.1) is 0 Å². The van der Waals surface area contributed by atoms with Crippen molar-refractivity contribution < 1.29 is 9.59 Å². The van der Waals surface area contributed by atoms with Crippen LogP contribution in [0.25, 0.3) is 0 Å². The second-order valence-electron chi connectivity index (χ2n) is 6.41. The number of hydrogen-bond acceptors (Lipinski definition) is 3. The summed E-state index contributed by atoms with van der Waals surface area (Å²) in [5.41, 5.74) is 0.272. The summed E-state index contributed by atoms with van der Waals surface area (Å²) in [6.07, 6.45) is 3.33. The van der Waals surface area contributed by atoms with Crippen molar-refractivity contribution in [2.45, 2.75) is 37.8 Å². The molecule has 0 aliphatic heterocycles. The summed E-state index contributed by atoms with van der Waals surface area (Å²) < 4.78 is 0. The lowest BCUT2D eigenvalue weighted by Gasteiger charge is -2.33. The Hall–Kier alpha value is -2.08. The van der Waals surface area contributed by atoms with Gasteiger partial charge in [-0.3, -0.25) is 4.79 Å². The first-order valence-corrected chi connectivity index (χ1v) is 8.57. The number of benzene rings is 1. The molecule has 0 saturated heterocycles. The number of urea groups is 1. The zero-order valence-corrected chi connectivity index (χ0v) is 14.6. The maximum atomic E-state index is 12.8. The third-order valence-electron chi connectivity index (χ3n) is 4.56. The Bertz CT molecular complexity index is 541. The lowest BCUT2D eigenvalue weighted by atomic mass is 9.95. The van der Waals surface area contributed by atoms with Gasteiger partial charge in [0.1, 0.15) is 5.54 Å². The number of nitrogens with zero attached hydrogens (tertiary/aromatic N) is 1. The lowest BCUT2D eigenvalue weighted by Crippen LogP contribution is -2.59. The van der Waals surface area contributed by atoms with Crippen molar-refractivity contribution in [1.29, 1.82) is 0 Å². The lowest BCUT2D eigenvalue weighted by molar-refractivity contribution is -0.136. The van der Waals surface area contributed by atoms with Crippen LogP contribution in [0.4, 0.5) is 4.79 Å². The topological polar surface area (TPSA) is 73.5 Å². The summed E-state index contributed by atoms with van der Waals surface area (Å²) in [5, 5.41) is 8.85. The number of rotatable bonds is 7. The second-order valence-corrected chi connectivity index (χ2v) is 6.41. The molecule has 132 valence electrons. The van der Waals surface area contributed by atoms with Crippen molar-refractivity contribution in [2.24, 2.45) is 0 Å². The van der Waals surface area contributed by atoms with E-state index in [4.69, 9.17) is 0 Å². The van der Waals surface area contributed by atoms with E-state index in [1.807, 2.05) is 37.4 Å². The normalized spacial score (nSPS) is 15.8. The maximum absolute atomic E-state index is 12.8. The monoisotopic (exact) mass is 332 g/mol. The molecule has 0 unspecified atom stereocenters. The molecular weight excluding hydrogens is 304 g/mol. The fourth-order valence-electron chi connectivity index (χ4n) is 3.16. The van der Waals surface area contributed by atoms with E-state index in [2.05, 4.69) is 16.0 Å². The zero-order chi connectivity index (χ0) is 17.4. The van der Waals surface area contributed by atoms with E-state index in [0.29, 0.717) is 25.9 Å². The highest BCUT2D eigenvalue weighted by Crippen LogP contribution is 2.31. The molecule has 1 fully saturated rings. The van der Waals surface area contributed by atoms with Gasteiger partial charge in [-0.05, 0) is 25.5 Å². The zero-order valence-electron chi connectivity index (χ0n) is 14.6. The summed E-state index contributed by atoms with van der Waals surface area (Å²) in [4.78, 5) is 26.9. The third kappa shape index (κ3) is 4.71. The van der Waals surface area contributed by atoms with E-state index in [1.165, 1.54) is 0 Å². The Kier molecular flexibility index (Phi) is 6.61. The van der Waals surface area contributed by atoms with Crippen LogP contribution in [-0.4, -0.2) is 49.6 Å². The molecule has 1 aromatic rings. The molecule has 1 saturated carbocycles. The molecule has 0 atom stereocenters. The standard InChI is InChI=1S/C18H28N4O2/c1-19-12-13-22(2)16(23)18(10-6-7-11-18)21-17(24)20-14-15-8-4-3-5-9-15/h3-5,8-9,19H,6-7,10-14H2,1-2H3,(H2,20,21,24). The van der Waals surface area contributed by atoms with Gasteiger partial charge in [0, 0.05) is 26.7 Å². The maximum Gasteiger partial charge on any atom is 0.315 e. The first kappa shape index (κ1) is 18.3. The summed E-state index contributed by atoms with van der Waals surface area (Å²) >= 11 is 0. The summed E-state index contributed by atoms with van der Waals surface area (Å²) in [6, 6.07) is 9.46. The summed E-state index contributed by atoms with van der Waals surface area (Å²) in [6.45, 7) is 1.81. The molecule has 6 nitrogen and oxygen atoms in total. The van der Waals surface area contributed by atoms with E-state index < -0.39 is 5.54 Å².